The van der Waals surface area contributed by atoms with Crippen LogP contribution in [0, 0.1) is 11.6 Å². The third kappa shape index (κ3) is 2.96. The lowest BCUT2D eigenvalue weighted by molar-refractivity contribution is 0.583. The molecule has 0 heterocycles. The molecule has 2 aromatic carbocycles. The third-order valence-electron chi connectivity index (χ3n) is 2.84. The largest absolute Gasteiger partial charge is 0.274 e. The van der Waals surface area contributed by atoms with Crippen LogP contribution in [0.5, 0.6) is 0 Å². The predicted molar refractivity (Wildman–Crippen MR) is 73.0 cm³/mol. The van der Waals surface area contributed by atoms with Crippen molar-refractivity contribution in [2.24, 2.45) is 0 Å². The van der Waals surface area contributed by atoms with E-state index in [2.05, 4.69) is 0 Å². The second-order valence-electron chi connectivity index (χ2n) is 4.20. The Morgan fingerprint density at radius 2 is 1.55 bits per heavy atom. The molecule has 0 saturated carbocycles. The van der Waals surface area contributed by atoms with Crippen molar-refractivity contribution in [1.82, 2.24) is 0 Å². The number of rotatable bonds is 4. The lowest BCUT2D eigenvalue weighted by atomic mass is 10.2. The average Bonchev–Trinajstić information content (AvgIpc) is 2.43. The van der Waals surface area contributed by atoms with Crippen LogP contribution in [0.2, 0.25) is 0 Å². The van der Waals surface area contributed by atoms with Crippen molar-refractivity contribution in [1.29, 1.82) is 0 Å². The minimum absolute atomic E-state index is 0.0441. The van der Waals surface area contributed by atoms with Crippen molar-refractivity contribution in [3.05, 3.63) is 59.7 Å². The van der Waals surface area contributed by atoms with E-state index < -0.39 is 27.3 Å². The lowest BCUT2D eigenvalue weighted by Crippen LogP contribution is -2.15. The van der Waals surface area contributed by atoms with Crippen molar-refractivity contribution in [3.63, 3.8) is 0 Å². The molecule has 0 aromatic heterocycles. The van der Waals surface area contributed by atoms with Crippen LogP contribution < -0.4 is 4.72 Å². The molecule has 0 aliphatic heterocycles. The number of anilines is 1. The molecule has 0 aliphatic rings. The topological polar surface area (TPSA) is 46.2 Å². The number of benzene rings is 2. The number of hydrogen-bond donors (Lipinski definition) is 1. The molecule has 0 radical (unpaired) electrons. The Morgan fingerprint density at radius 3 is 2.05 bits per heavy atom. The fraction of sp³-hybridized carbons (Fsp3) is 0.143. The summed E-state index contributed by atoms with van der Waals surface area (Å²) in [7, 11) is -4.01. The maximum absolute atomic E-state index is 13.4. The van der Waals surface area contributed by atoms with E-state index in [-0.39, 0.29) is 4.90 Å². The van der Waals surface area contributed by atoms with Gasteiger partial charge in [-0.1, -0.05) is 25.1 Å². The van der Waals surface area contributed by atoms with Gasteiger partial charge in [0.15, 0.2) is 0 Å². The van der Waals surface area contributed by atoms with Gasteiger partial charge < -0.3 is 0 Å². The molecule has 0 aliphatic carbocycles. The van der Waals surface area contributed by atoms with E-state index in [0.717, 1.165) is 24.1 Å². The highest BCUT2D eigenvalue weighted by atomic mass is 32.2. The van der Waals surface area contributed by atoms with Gasteiger partial charge in [-0.2, -0.15) is 0 Å². The fourth-order valence-electron chi connectivity index (χ4n) is 1.69. The molecule has 0 saturated heterocycles. The Bertz CT molecular complexity index is 692. The number of sulfonamides is 1. The molecule has 106 valence electrons. The van der Waals surface area contributed by atoms with Crippen LogP contribution >= 0.6 is 0 Å². The van der Waals surface area contributed by atoms with Crippen LogP contribution in [-0.2, 0) is 16.4 Å². The van der Waals surface area contributed by atoms with E-state index >= 15 is 0 Å². The SMILES string of the molecule is CCc1ccc(S(=O)(=O)Nc2c(F)cccc2F)cc1. The minimum Gasteiger partial charge on any atom is -0.274 e. The molecule has 0 spiro atoms. The summed E-state index contributed by atoms with van der Waals surface area (Å²) in [5.41, 5.74) is 0.299. The number of hydrogen-bond acceptors (Lipinski definition) is 2. The Hall–Kier alpha value is -1.95. The predicted octanol–water partition coefficient (Wildman–Crippen LogP) is 3.33. The Labute approximate surface area is 116 Å². The summed E-state index contributed by atoms with van der Waals surface area (Å²) in [5, 5.41) is 0. The lowest BCUT2D eigenvalue weighted by Gasteiger charge is -2.10. The zero-order chi connectivity index (χ0) is 14.8. The molecule has 2 rings (SSSR count). The maximum atomic E-state index is 13.4. The number of nitrogens with one attached hydrogen (secondary N) is 1. The molecule has 20 heavy (non-hydrogen) atoms. The summed E-state index contributed by atoms with van der Waals surface area (Å²) in [6.07, 6.45) is 0.774. The fourth-order valence-corrected chi connectivity index (χ4v) is 2.77. The first-order valence-electron chi connectivity index (χ1n) is 6.00. The third-order valence-corrected chi connectivity index (χ3v) is 4.21. The quantitative estimate of drug-likeness (QED) is 0.941. The van der Waals surface area contributed by atoms with E-state index in [9.17, 15) is 17.2 Å². The van der Waals surface area contributed by atoms with Crippen LogP contribution in [0.3, 0.4) is 0 Å². The van der Waals surface area contributed by atoms with Crippen molar-refractivity contribution in [3.8, 4) is 0 Å². The number of halogens is 2. The molecular weight excluding hydrogens is 284 g/mol. The summed E-state index contributed by atoms with van der Waals surface area (Å²) in [4.78, 5) is -0.0441. The summed E-state index contributed by atoms with van der Waals surface area (Å²) < 4.78 is 52.9. The van der Waals surface area contributed by atoms with Gasteiger partial charge in [0.1, 0.15) is 17.3 Å². The van der Waals surface area contributed by atoms with Crippen LogP contribution in [0.25, 0.3) is 0 Å². The van der Waals surface area contributed by atoms with Crippen molar-refractivity contribution < 1.29 is 17.2 Å². The second-order valence-corrected chi connectivity index (χ2v) is 5.88. The highest BCUT2D eigenvalue weighted by Crippen LogP contribution is 2.22. The molecular formula is C14H13F2NO2S. The smallest absolute Gasteiger partial charge is 0.262 e. The molecule has 6 heteroatoms. The van der Waals surface area contributed by atoms with Crippen LogP contribution in [0.1, 0.15) is 12.5 Å². The first-order valence-corrected chi connectivity index (χ1v) is 7.48. The van der Waals surface area contributed by atoms with Crippen LogP contribution in [0.15, 0.2) is 47.4 Å². The molecule has 0 atom stereocenters. The van der Waals surface area contributed by atoms with Gasteiger partial charge in [-0.25, -0.2) is 17.2 Å². The van der Waals surface area contributed by atoms with E-state index in [1.165, 1.54) is 18.2 Å². The van der Waals surface area contributed by atoms with Gasteiger partial charge >= 0.3 is 0 Å². The van der Waals surface area contributed by atoms with Crippen molar-refractivity contribution in [2.75, 3.05) is 4.72 Å². The summed E-state index contributed by atoms with van der Waals surface area (Å²) in [6, 6.07) is 9.26. The van der Waals surface area contributed by atoms with E-state index in [0.29, 0.717) is 0 Å². The highest BCUT2D eigenvalue weighted by Gasteiger charge is 2.18. The van der Waals surface area contributed by atoms with Crippen molar-refractivity contribution >= 4 is 15.7 Å². The molecule has 2 aromatic rings. The normalized spacial score (nSPS) is 11.3. The first-order chi connectivity index (χ1) is 9.44. The molecule has 1 N–H and O–H groups in total. The van der Waals surface area contributed by atoms with E-state index in [1.54, 1.807) is 12.1 Å². The molecule has 0 amide bonds. The zero-order valence-electron chi connectivity index (χ0n) is 10.7. The van der Waals surface area contributed by atoms with Gasteiger partial charge in [0.25, 0.3) is 10.0 Å². The molecule has 3 nitrogen and oxygen atoms in total. The highest BCUT2D eigenvalue weighted by molar-refractivity contribution is 7.92. The van der Waals surface area contributed by atoms with Crippen LogP contribution in [-0.4, -0.2) is 8.42 Å². The molecule has 0 fully saturated rings. The molecule has 0 bridgehead atoms. The Kier molecular flexibility index (Phi) is 4.04. The van der Waals surface area contributed by atoms with Gasteiger partial charge in [0.05, 0.1) is 4.90 Å². The molecule has 0 unspecified atom stereocenters. The summed E-state index contributed by atoms with van der Waals surface area (Å²) >= 11 is 0. The van der Waals surface area contributed by atoms with Gasteiger partial charge in [-0.3, -0.25) is 4.72 Å². The number of aryl methyl sites for hydroxylation is 1. The monoisotopic (exact) mass is 297 g/mol. The van der Waals surface area contributed by atoms with E-state index in [1.807, 2.05) is 11.6 Å². The second kappa shape index (κ2) is 5.58. The van der Waals surface area contributed by atoms with Gasteiger partial charge in [0.2, 0.25) is 0 Å². The van der Waals surface area contributed by atoms with Crippen LogP contribution in [0.4, 0.5) is 14.5 Å². The van der Waals surface area contributed by atoms with Gasteiger partial charge in [-0.05, 0) is 36.2 Å². The minimum atomic E-state index is -4.01. The zero-order valence-corrected chi connectivity index (χ0v) is 11.5. The maximum Gasteiger partial charge on any atom is 0.262 e. The number of para-hydroxylation sites is 1. The Balaban J connectivity index is 2.35. The first kappa shape index (κ1) is 14.5. The van der Waals surface area contributed by atoms with Gasteiger partial charge in [0, 0.05) is 0 Å². The average molecular weight is 297 g/mol. The standard InChI is InChI=1S/C14H13F2NO2S/c1-2-10-6-8-11(9-7-10)20(18,19)17-14-12(15)4-3-5-13(14)16/h3-9,17H,2H2,1H3. The van der Waals surface area contributed by atoms with Crippen molar-refractivity contribution in [2.45, 2.75) is 18.2 Å². The Morgan fingerprint density at radius 1 is 1.00 bits per heavy atom. The van der Waals surface area contributed by atoms with Gasteiger partial charge in [-0.15, -0.1) is 0 Å². The van der Waals surface area contributed by atoms with E-state index in [4.69, 9.17) is 0 Å². The summed E-state index contributed by atoms with van der Waals surface area (Å²) in [5.74, 6) is -1.92. The summed E-state index contributed by atoms with van der Waals surface area (Å²) in [6.45, 7) is 1.94.